The zero-order valence-corrected chi connectivity index (χ0v) is 5.44. The molecule has 2 nitrogen and oxygen atoms in total. The maximum absolute atomic E-state index is 12.4. The van der Waals surface area contributed by atoms with Crippen LogP contribution in [0.4, 0.5) is 8.78 Å². The molecule has 0 bridgehead atoms. The van der Waals surface area contributed by atoms with Crippen LogP contribution in [0, 0.1) is 5.92 Å². The lowest BCUT2D eigenvalue weighted by Gasteiger charge is -2.14. The fourth-order valence-electron chi connectivity index (χ4n) is 1.08. The van der Waals surface area contributed by atoms with Crippen LogP contribution in [0.3, 0.4) is 0 Å². The van der Waals surface area contributed by atoms with Crippen molar-refractivity contribution in [1.82, 2.24) is 5.32 Å². The highest BCUT2D eigenvalue weighted by atomic mass is 19.3. The van der Waals surface area contributed by atoms with E-state index in [0.29, 0.717) is 13.0 Å². The lowest BCUT2D eigenvalue weighted by molar-refractivity contribution is -0.135. The molecule has 58 valence electrons. The van der Waals surface area contributed by atoms with Crippen molar-refractivity contribution in [2.75, 3.05) is 13.1 Å². The van der Waals surface area contributed by atoms with Gasteiger partial charge in [0.05, 0.1) is 0 Å². The lowest BCUT2D eigenvalue weighted by Crippen LogP contribution is -2.31. The predicted molar refractivity (Wildman–Crippen MR) is 32.0 cm³/mol. The summed E-state index contributed by atoms with van der Waals surface area (Å²) in [6.07, 6.45) is 0.135. The number of carbonyl (C=O) groups excluding carboxylic acids is 1. The standard InChI is InChI=1S/C6H9F2NO/c7-6(8,4-10)5-1-2-9-3-5/h4-5,9H,1-3H2. The Hall–Kier alpha value is -0.510. The molecule has 0 aliphatic carbocycles. The van der Waals surface area contributed by atoms with Gasteiger partial charge in [-0.05, 0) is 13.0 Å². The molecule has 0 saturated carbocycles. The molecule has 1 N–H and O–H groups in total. The van der Waals surface area contributed by atoms with E-state index in [1.54, 1.807) is 0 Å². The van der Waals surface area contributed by atoms with Gasteiger partial charge < -0.3 is 5.32 Å². The van der Waals surface area contributed by atoms with Gasteiger partial charge in [-0.3, -0.25) is 4.79 Å². The van der Waals surface area contributed by atoms with Gasteiger partial charge in [0.2, 0.25) is 0 Å². The minimum Gasteiger partial charge on any atom is -0.316 e. The van der Waals surface area contributed by atoms with Gasteiger partial charge in [-0.25, -0.2) is 0 Å². The molecular weight excluding hydrogens is 140 g/mol. The van der Waals surface area contributed by atoms with E-state index in [1.807, 2.05) is 0 Å². The number of aldehydes is 1. The van der Waals surface area contributed by atoms with Crippen LogP contribution in [0.25, 0.3) is 0 Å². The quantitative estimate of drug-likeness (QED) is 0.577. The molecule has 0 aromatic rings. The van der Waals surface area contributed by atoms with E-state index in [9.17, 15) is 13.6 Å². The van der Waals surface area contributed by atoms with Gasteiger partial charge in [-0.2, -0.15) is 8.78 Å². The van der Waals surface area contributed by atoms with Crippen LogP contribution in [0.2, 0.25) is 0 Å². The van der Waals surface area contributed by atoms with Crippen LogP contribution in [0.1, 0.15) is 6.42 Å². The summed E-state index contributed by atoms with van der Waals surface area (Å²) < 4.78 is 24.9. The van der Waals surface area contributed by atoms with Crippen molar-refractivity contribution in [3.8, 4) is 0 Å². The van der Waals surface area contributed by atoms with E-state index in [1.165, 1.54) is 0 Å². The van der Waals surface area contributed by atoms with Crippen molar-refractivity contribution in [2.45, 2.75) is 12.3 Å². The first-order valence-corrected chi connectivity index (χ1v) is 3.21. The molecule has 0 aromatic heterocycles. The van der Waals surface area contributed by atoms with Crippen molar-refractivity contribution in [3.05, 3.63) is 0 Å². The van der Waals surface area contributed by atoms with E-state index in [2.05, 4.69) is 5.32 Å². The Morgan fingerprint density at radius 2 is 2.30 bits per heavy atom. The number of hydrogen-bond acceptors (Lipinski definition) is 2. The molecule has 1 unspecified atom stereocenters. The number of nitrogens with one attached hydrogen (secondary N) is 1. The highest BCUT2D eigenvalue weighted by Gasteiger charge is 2.40. The maximum atomic E-state index is 12.4. The van der Waals surface area contributed by atoms with Crippen molar-refractivity contribution in [3.63, 3.8) is 0 Å². The number of carbonyl (C=O) groups is 1. The summed E-state index contributed by atoms with van der Waals surface area (Å²) in [7, 11) is 0. The van der Waals surface area contributed by atoms with Crippen LogP contribution in [-0.4, -0.2) is 25.3 Å². The summed E-state index contributed by atoms with van der Waals surface area (Å²) in [6, 6.07) is 0. The van der Waals surface area contributed by atoms with E-state index in [-0.39, 0.29) is 12.8 Å². The summed E-state index contributed by atoms with van der Waals surface area (Å²) in [6.45, 7) is 0.847. The van der Waals surface area contributed by atoms with Gasteiger partial charge in [-0.15, -0.1) is 0 Å². The van der Waals surface area contributed by atoms with Gasteiger partial charge >= 0.3 is 5.92 Å². The van der Waals surface area contributed by atoms with Crippen LogP contribution in [0.15, 0.2) is 0 Å². The van der Waals surface area contributed by atoms with Crippen LogP contribution < -0.4 is 5.32 Å². The maximum Gasteiger partial charge on any atom is 0.306 e. The van der Waals surface area contributed by atoms with Gasteiger partial charge in [-0.1, -0.05) is 0 Å². The molecule has 1 rings (SSSR count). The van der Waals surface area contributed by atoms with Crippen LogP contribution in [-0.2, 0) is 4.79 Å². The van der Waals surface area contributed by atoms with Crippen molar-refractivity contribution >= 4 is 6.29 Å². The Kier molecular flexibility index (Phi) is 1.99. The second kappa shape index (κ2) is 2.62. The second-order valence-electron chi connectivity index (χ2n) is 2.48. The Morgan fingerprint density at radius 1 is 1.60 bits per heavy atom. The fraction of sp³-hybridized carbons (Fsp3) is 0.833. The topological polar surface area (TPSA) is 29.1 Å². The largest absolute Gasteiger partial charge is 0.316 e. The molecule has 1 atom stereocenters. The lowest BCUT2D eigenvalue weighted by atomic mass is 10.0. The molecule has 10 heavy (non-hydrogen) atoms. The summed E-state index contributed by atoms with van der Waals surface area (Å²) in [5.74, 6) is -3.91. The average Bonchev–Trinajstić information content (AvgIpc) is 2.38. The van der Waals surface area contributed by atoms with Crippen LogP contribution >= 0.6 is 0 Å². The van der Waals surface area contributed by atoms with E-state index < -0.39 is 11.8 Å². The monoisotopic (exact) mass is 149 g/mol. The van der Waals surface area contributed by atoms with Crippen LogP contribution in [0.5, 0.6) is 0 Å². The Morgan fingerprint density at radius 3 is 2.70 bits per heavy atom. The molecule has 1 fully saturated rings. The number of rotatable bonds is 2. The number of halogens is 2. The van der Waals surface area contributed by atoms with Gasteiger partial charge in [0.15, 0.2) is 6.29 Å². The first kappa shape index (κ1) is 7.60. The molecule has 4 heteroatoms. The molecule has 1 aliphatic heterocycles. The SMILES string of the molecule is O=CC(F)(F)C1CCNC1. The third-order valence-corrected chi connectivity index (χ3v) is 1.76. The molecular formula is C6H9F2NO. The Labute approximate surface area is 57.6 Å². The molecule has 0 amide bonds. The van der Waals surface area contributed by atoms with Gasteiger partial charge in [0, 0.05) is 12.5 Å². The summed E-state index contributed by atoms with van der Waals surface area (Å²) in [4.78, 5) is 9.84. The molecule has 1 saturated heterocycles. The molecule has 0 spiro atoms. The molecule has 0 aromatic carbocycles. The zero-order valence-electron chi connectivity index (χ0n) is 5.44. The van der Waals surface area contributed by atoms with E-state index in [4.69, 9.17) is 0 Å². The molecule has 0 radical (unpaired) electrons. The smallest absolute Gasteiger partial charge is 0.306 e. The first-order chi connectivity index (χ1) is 4.67. The first-order valence-electron chi connectivity index (χ1n) is 3.21. The highest BCUT2D eigenvalue weighted by molar-refractivity contribution is 5.60. The van der Waals surface area contributed by atoms with Crippen molar-refractivity contribution in [1.29, 1.82) is 0 Å². The third kappa shape index (κ3) is 1.31. The van der Waals surface area contributed by atoms with Gasteiger partial charge in [0.1, 0.15) is 0 Å². The van der Waals surface area contributed by atoms with E-state index >= 15 is 0 Å². The molecule has 1 aliphatic rings. The number of hydrogen-bond donors (Lipinski definition) is 1. The van der Waals surface area contributed by atoms with E-state index in [0.717, 1.165) is 0 Å². The predicted octanol–water partition coefficient (Wildman–Crippen LogP) is 0.430. The average molecular weight is 149 g/mol. The normalized spacial score (nSPS) is 26.8. The fourth-order valence-corrected chi connectivity index (χ4v) is 1.08. The molecule has 1 heterocycles. The third-order valence-electron chi connectivity index (χ3n) is 1.76. The minimum absolute atomic E-state index is 0.256. The highest BCUT2D eigenvalue weighted by Crippen LogP contribution is 2.26. The Bertz CT molecular complexity index is 132. The van der Waals surface area contributed by atoms with Crippen molar-refractivity contribution < 1.29 is 13.6 Å². The number of alkyl halides is 2. The summed E-state index contributed by atoms with van der Waals surface area (Å²) >= 11 is 0. The zero-order chi connectivity index (χ0) is 7.61. The Balaban J connectivity index is 2.53. The van der Waals surface area contributed by atoms with Crippen molar-refractivity contribution in [2.24, 2.45) is 5.92 Å². The summed E-state index contributed by atoms with van der Waals surface area (Å²) in [5.41, 5.74) is 0. The second-order valence-corrected chi connectivity index (χ2v) is 2.48. The summed E-state index contributed by atoms with van der Waals surface area (Å²) in [5, 5.41) is 2.77. The minimum atomic E-state index is -3.12. The van der Waals surface area contributed by atoms with Gasteiger partial charge in [0.25, 0.3) is 0 Å².